The van der Waals surface area contributed by atoms with E-state index >= 15 is 0 Å². The molecule has 0 amide bonds. The van der Waals surface area contributed by atoms with Crippen LogP contribution in [-0.2, 0) is 11.3 Å². The number of nitrogens with one attached hydrogen (secondary N) is 1. The third kappa shape index (κ3) is 2.22. The van der Waals surface area contributed by atoms with Gasteiger partial charge in [0.1, 0.15) is 17.1 Å². The van der Waals surface area contributed by atoms with Crippen molar-refractivity contribution in [3.8, 4) is 22.9 Å². The van der Waals surface area contributed by atoms with Gasteiger partial charge < -0.3 is 14.9 Å². The van der Waals surface area contributed by atoms with Crippen molar-refractivity contribution in [1.29, 1.82) is 0 Å². The molecule has 0 bridgehead atoms. The smallest absolute Gasteiger partial charge is 0.195 e. The molecular formula is C11H13N3O3S. The highest BCUT2D eigenvalue weighted by Crippen LogP contribution is 2.35. The van der Waals surface area contributed by atoms with Gasteiger partial charge in [-0.3, -0.25) is 9.67 Å². The molecule has 0 aliphatic rings. The number of hydrogen-bond acceptors (Lipinski definition) is 5. The van der Waals surface area contributed by atoms with Crippen molar-refractivity contribution in [1.82, 2.24) is 14.8 Å². The van der Waals surface area contributed by atoms with E-state index < -0.39 is 0 Å². The van der Waals surface area contributed by atoms with Crippen molar-refractivity contribution in [2.24, 2.45) is 0 Å². The molecule has 2 rings (SSSR count). The molecule has 0 fully saturated rings. The number of aromatic amines is 1. The van der Waals surface area contributed by atoms with E-state index in [9.17, 15) is 10.2 Å². The Morgan fingerprint density at radius 3 is 2.67 bits per heavy atom. The molecule has 96 valence electrons. The summed E-state index contributed by atoms with van der Waals surface area (Å²) in [4.78, 5) is 0. The van der Waals surface area contributed by atoms with Crippen LogP contribution in [0.4, 0.5) is 0 Å². The minimum absolute atomic E-state index is 0.0531. The summed E-state index contributed by atoms with van der Waals surface area (Å²) in [5, 5.41) is 26.3. The number of H-pyrrole nitrogens is 1. The highest BCUT2D eigenvalue weighted by molar-refractivity contribution is 7.71. The number of phenolic OH excluding ortho intramolecular Hbond substituents is 2. The Morgan fingerprint density at radius 1 is 1.39 bits per heavy atom. The van der Waals surface area contributed by atoms with Gasteiger partial charge in [-0.25, -0.2) is 0 Å². The molecule has 1 aromatic heterocycles. The number of hydrogen-bond donors (Lipinski definition) is 3. The first-order valence-corrected chi connectivity index (χ1v) is 5.71. The standard InChI is InChI=1S/C11H13N3O3S/c1-17-6-5-14-10(12-13-11(14)18)9-7(15)3-2-4-8(9)16/h2-4,15-16H,5-6H2,1H3,(H,13,18). The summed E-state index contributed by atoms with van der Waals surface area (Å²) >= 11 is 5.10. The van der Waals surface area contributed by atoms with Crippen molar-refractivity contribution < 1.29 is 14.9 Å². The van der Waals surface area contributed by atoms with Gasteiger partial charge in [0.2, 0.25) is 0 Å². The minimum atomic E-state index is -0.0531. The Morgan fingerprint density at radius 2 is 2.06 bits per heavy atom. The first-order valence-electron chi connectivity index (χ1n) is 5.30. The third-order valence-corrected chi connectivity index (χ3v) is 2.83. The van der Waals surface area contributed by atoms with Crippen LogP contribution < -0.4 is 0 Å². The Balaban J connectivity index is 2.54. The summed E-state index contributed by atoms with van der Waals surface area (Å²) < 4.78 is 7.06. The summed E-state index contributed by atoms with van der Waals surface area (Å²) in [5.74, 6) is 0.276. The number of aromatic nitrogens is 3. The summed E-state index contributed by atoms with van der Waals surface area (Å²) in [7, 11) is 1.58. The second kappa shape index (κ2) is 5.19. The highest BCUT2D eigenvalue weighted by Gasteiger charge is 2.16. The molecule has 18 heavy (non-hydrogen) atoms. The maximum absolute atomic E-state index is 9.81. The lowest BCUT2D eigenvalue weighted by Gasteiger charge is -2.08. The molecule has 0 aliphatic carbocycles. The van der Waals surface area contributed by atoms with Crippen LogP contribution in [-0.4, -0.2) is 38.7 Å². The highest BCUT2D eigenvalue weighted by atomic mass is 32.1. The predicted molar refractivity (Wildman–Crippen MR) is 68.1 cm³/mol. The lowest BCUT2D eigenvalue weighted by Crippen LogP contribution is -2.06. The Labute approximate surface area is 108 Å². The average Bonchev–Trinajstić information content (AvgIpc) is 2.68. The number of benzene rings is 1. The Kier molecular flexibility index (Phi) is 3.63. The van der Waals surface area contributed by atoms with E-state index in [1.807, 2.05) is 0 Å². The van der Waals surface area contributed by atoms with Crippen LogP contribution in [0.25, 0.3) is 11.4 Å². The van der Waals surface area contributed by atoms with E-state index in [2.05, 4.69) is 10.2 Å². The first-order chi connectivity index (χ1) is 8.65. The molecule has 1 aromatic carbocycles. The lowest BCUT2D eigenvalue weighted by molar-refractivity contribution is 0.187. The fourth-order valence-electron chi connectivity index (χ4n) is 1.66. The normalized spacial score (nSPS) is 10.7. The van der Waals surface area contributed by atoms with Gasteiger partial charge in [-0.15, -0.1) is 0 Å². The van der Waals surface area contributed by atoms with Crippen LogP contribution in [0.5, 0.6) is 11.5 Å². The van der Waals surface area contributed by atoms with Crippen molar-refractivity contribution in [2.45, 2.75) is 6.54 Å². The van der Waals surface area contributed by atoms with E-state index in [0.29, 0.717) is 23.7 Å². The summed E-state index contributed by atoms with van der Waals surface area (Å²) in [5.41, 5.74) is 0.251. The number of phenols is 2. The quantitative estimate of drug-likeness (QED) is 0.734. The van der Waals surface area contributed by atoms with Crippen LogP contribution in [0.2, 0.25) is 0 Å². The molecule has 6 nitrogen and oxygen atoms in total. The van der Waals surface area contributed by atoms with E-state index in [-0.39, 0.29) is 17.1 Å². The van der Waals surface area contributed by atoms with Gasteiger partial charge >= 0.3 is 0 Å². The summed E-state index contributed by atoms with van der Waals surface area (Å²) in [6.45, 7) is 0.935. The van der Waals surface area contributed by atoms with Crippen molar-refractivity contribution in [3.63, 3.8) is 0 Å². The summed E-state index contributed by atoms with van der Waals surface area (Å²) in [6, 6.07) is 4.51. The molecule has 1 heterocycles. The minimum Gasteiger partial charge on any atom is -0.507 e. The van der Waals surface area contributed by atoms with Gasteiger partial charge in [-0.2, -0.15) is 5.10 Å². The van der Waals surface area contributed by atoms with E-state index in [4.69, 9.17) is 17.0 Å². The average molecular weight is 267 g/mol. The van der Waals surface area contributed by atoms with Crippen LogP contribution in [0.3, 0.4) is 0 Å². The number of aromatic hydroxyl groups is 2. The molecule has 0 unspecified atom stereocenters. The van der Waals surface area contributed by atoms with Crippen LogP contribution >= 0.6 is 12.2 Å². The zero-order chi connectivity index (χ0) is 13.1. The second-order valence-corrected chi connectivity index (χ2v) is 4.05. The number of ether oxygens (including phenoxy) is 1. The Bertz CT molecular complexity index is 586. The molecule has 3 N–H and O–H groups in total. The molecule has 0 atom stereocenters. The first kappa shape index (κ1) is 12.6. The maximum Gasteiger partial charge on any atom is 0.195 e. The third-order valence-electron chi connectivity index (χ3n) is 2.52. The Hall–Kier alpha value is -1.86. The van der Waals surface area contributed by atoms with Gasteiger partial charge in [0.05, 0.1) is 13.2 Å². The van der Waals surface area contributed by atoms with Crippen molar-refractivity contribution in [2.75, 3.05) is 13.7 Å². The number of nitrogens with zero attached hydrogens (tertiary/aromatic N) is 2. The molecular weight excluding hydrogens is 254 g/mol. The molecule has 0 saturated heterocycles. The van der Waals surface area contributed by atoms with Gasteiger partial charge in [0, 0.05) is 7.11 Å². The molecule has 0 aliphatic heterocycles. The van der Waals surface area contributed by atoms with Gasteiger partial charge in [0.15, 0.2) is 10.6 Å². The monoisotopic (exact) mass is 267 g/mol. The number of rotatable bonds is 4. The molecule has 0 saturated carbocycles. The van der Waals surface area contributed by atoms with Gasteiger partial charge in [-0.1, -0.05) is 6.07 Å². The predicted octanol–water partition coefficient (Wildman–Crippen LogP) is 1.67. The van der Waals surface area contributed by atoms with E-state index in [1.54, 1.807) is 17.7 Å². The van der Waals surface area contributed by atoms with Crippen molar-refractivity contribution >= 4 is 12.2 Å². The fourth-order valence-corrected chi connectivity index (χ4v) is 1.88. The van der Waals surface area contributed by atoms with Gasteiger partial charge in [-0.05, 0) is 24.4 Å². The second-order valence-electron chi connectivity index (χ2n) is 3.67. The van der Waals surface area contributed by atoms with E-state index in [0.717, 1.165) is 0 Å². The molecule has 0 radical (unpaired) electrons. The summed E-state index contributed by atoms with van der Waals surface area (Å²) in [6.07, 6.45) is 0. The maximum atomic E-state index is 9.81. The number of methoxy groups -OCH3 is 1. The zero-order valence-corrected chi connectivity index (χ0v) is 10.6. The lowest BCUT2D eigenvalue weighted by atomic mass is 10.1. The van der Waals surface area contributed by atoms with E-state index in [1.165, 1.54) is 12.1 Å². The van der Waals surface area contributed by atoms with Crippen LogP contribution in [0, 0.1) is 4.77 Å². The molecule has 7 heteroatoms. The van der Waals surface area contributed by atoms with Crippen LogP contribution in [0.15, 0.2) is 18.2 Å². The van der Waals surface area contributed by atoms with Gasteiger partial charge in [0.25, 0.3) is 0 Å². The fraction of sp³-hybridized carbons (Fsp3) is 0.273. The topological polar surface area (TPSA) is 83.3 Å². The molecule has 0 spiro atoms. The largest absolute Gasteiger partial charge is 0.507 e. The zero-order valence-electron chi connectivity index (χ0n) is 9.75. The molecule has 2 aromatic rings. The van der Waals surface area contributed by atoms with Crippen LogP contribution in [0.1, 0.15) is 0 Å². The van der Waals surface area contributed by atoms with Crippen molar-refractivity contribution in [3.05, 3.63) is 23.0 Å². The SMILES string of the molecule is COCCn1c(-c2c(O)cccc2O)n[nH]c1=S.